The Morgan fingerprint density at radius 1 is 1.00 bits per heavy atom. The molecule has 2 saturated heterocycles. The molecule has 1 aromatic heterocycles. The van der Waals surface area contributed by atoms with E-state index in [-0.39, 0.29) is 24.4 Å². The van der Waals surface area contributed by atoms with E-state index in [0.717, 1.165) is 5.76 Å². The Morgan fingerprint density at radius 2 is 1.87 bits per heavy atom. The van der Waals surface area contributed by atoms with Crippen molar-refractivity contribution in [3.05, 3.63) is 60.1 Å². The van der Waals surface area contributed by atoms with Gasteiger partial charge in [-0.05, 0) is 17.7 Å². The summed E-state index contributed by atoms with van der Waals surface area (Å²) in [5.41, 5.74) is 1.17. The van der Waals surface area contributed by atoms with Crippen LogP contribution in [0.2, 0.25) is 0 Å². The van der Waals surface area contributed by atoms with E-state index >= 15 is 0 Å². The van der Waals surface area contributed by atoms with Crippen LogP contribution in [0.15, 0.2) is 53.1 Å². The van der Waals surface area contributed by atoms with E-state index < -0.39 is 0 Å². The number of hydrogen-bond donors (Lipinski definition) is 1. The second kappa shape index (κ2) is 6.84. The third kappa shape index (κ3) is 3.33. The minimum Gasteiger partial charge on any atom is -0.468 e. The topological polar surface area (TPSA) is 52.9 Å². The number of nitrogens with one attached hydrogen (secondary N) is 1. The Kier molecular flexibility index (Phi) is 4.43. The van der Waals surface area contributed by atoms with Gasteiger partial charge in [0.25, 0.3) is 0 Å². The lowest BCUT2D eigenvalue weighted by molar-refractivity contribution is -0.0393. The Labute approximate surface area is 135 Å². The smallest absolute Gasteiger partial charge is 0.117 e. The molecular weight excluding hydrogens is 294 g/mol. The third-order valence-corrected chi connectivity index (χ3v) is 4.43. The van der Waals surface area contributed by atoms with E-state index in [1.807, 2.05) is 30.3 Å². The molecule has 5 heteroatoms. The first kappa shape index (κ1) is 14.9. The van der Waals surface area contributed by atoms with Crippen molar-refractivity contribution in [2.24, 2.45) is 0 Å². The van der Waals surface area contributed by atoms with Gasteiger partial charge in [-0.3, -0.25) is 0 Å². The number of hydrogen-bond acceptors (Lipinski definition) is 5. The fourth-order valence-electron chi connectivity index (χ4n) is 3.20. The number of fused-ring (bicyclic) bond motifs is 1. The highest BCUT2D eigenvalue weighted by Gasteiger charge is 2.48. The van der Waals surface area contributed by atoms with E-state index in [1.54, 1.807) is 6.26 Å². The predicted octanol–water partition coefficient (Wildman–Crippen LogP) is 2.12. The molecule has 0 saturated carbocycles. The fourth-order valence-corrected chi connectivity index (χ4v) is 3.20. The van der Waals surface area contributed by atoms with Gasteiger partial charge >= 0.3 is 0 Å². The van der Waals surface area contributed by atoms with Crippen LogP contribution in [-0.4, -0.2) is 37.6 Å². The zero-order valence-corrected chi connectivity index (χ0v) is 12.9. The van der Waals surface area contributed by atoms with Gasteiger partial charge in [0.2, 0.25) is 0 Å². The normalized spacial score (nSPS) is 29.7. The first-order chi connectivity index (χ1) is 11.4. The highest BCUT2D eigenvalue weighted by Crippen LogP contribution is 2.29. The molecule has 0 bridgehead atoms. The summed E-state index contributed by atoms with van der Waals surface area (Å²) in [6, 6.07) is 14.2. The Balaban J connectivity index is 1.29. The Bertz CT molecular complexity index is 601. The number of ether oxygens (including phenoxy) is 3. The number of rotatable bonds is 6. The average Bonchev–Trinajstić information content (AvgIpc) is 3.31. The van der Waals surface area contributed by atoms with Crippen molar-refractivity contribution in [3.63, 3.8) is 0 Å². The van der Waals surface area contributed by atoms with E-state index in [2.05, 4.69) is 17.4 Å². The summed E-state index contributed by atoms with van der Waals surface area (Å²) in [6.07, 6.45) is 1.74. The molecule has 2 aliphatic rings. The maximum Gasteiger partial charge on any atom is 0.117 e. The largest absolute Gasteiger partial charge is 0.468 e. The molecule has 4 rings (SSSR count). The van der Waals surface area contributed by atoms with Crippen molar-refractivity contribution < 1.29 is 18.6 Å². The van der Waals surface area contributed by atoms with Crippen LogP contribution in [0.3, 0.4) is 0 Å². The molecule has 0 radical (unpaired) electrons. The third-order valence-electron chi connectivity index (χ3n) is 4.43. The summed E-state index contributed by atoms with van der Waals surface area (Å²) < 4.78 is 23.2. The lowest BCUT2D eigenvalue weighted by Crippen LogP contribution is -2.41. The SMILES string of the molecule is c1ccc(CO[C@@H]2CO[C@H]3[C@@H]2OC[C@@H]3NCc2ccco2)cc1. The molecule has 3 heterocycles. The van der Waals surface area contributed by atoms with Crippen LogP contribution in [0.5, 0.6) is 0 Å². The quantitative estimate of drug-likeness (QED) is 0.885. The number of benzene rings is 1. The Morgan fingerprint density at radius 3 is 2.70 bits per heavy atom. The molecule has 0 aliphatic carbocycles. The summed E-state index contributed by atoms with van der Waals surface area (Å²) in [7, 11) is 0. The summed E-state index contributed by atoms with van der Waals surface area (Å²) in [5, 5.41) is 3.45. The molecule has 0 amide bonds. The van der Waals surface area contributed by atoms with Gasteiger partial charge < -0.3 is 23.9 Å². The molecule has 2 fully saturated rings. The molecular formula is C18H21NO4. The van der Waals surface area contributed by atoms with E-state index in [0.29, 0.717) is 26.4 Å². The monoisotopic (exact) mass is 315 g/mol. The van der Waals surface area contributed by atoms with Crippen molar-refractivity contribution in [1.82, 2.24) is 5.32 Å². The highest BCUT2D eigenvalue weighted by atomic mass is 16.6. The van der Waals surface area contributed by atoms with Crippen molar-refractivity contribution >= 4 is 0 Å². The van der Waals surface area contributed by atoms with Crippen molar-refractivity contribution in [1.29, 1.82) is 0 Å². The molecule has 4 atom stereocenters. The number of furan rings is 1. The van der Waals surface area contributed by atoms with Crippen molar-refractivity contribution in [2.75, 3.05) is 13.2 Å². The lowest BCUT2D eigenvalue weighted by atomic mass is 10.1. The van der Waals surface area contributed by atoms with Crippen LogP contribution in [0.4, 0.5) is 0 Å². The van der Waals surface area contributed by atoms with Gasteiger partial charge in [-0.2, -0.15) is 0 Å². The minimum absolute atomic E-state index is 0.00406. The molecule has 2 aromatic rings. The maximum absolute atomic E-state index is 6.01. The minimum atomic E-state index is -0.00406. The van der Waals surface area contributed by atoms with Crippen LogP contribution in [0, 0.1) is 0 Å². The van der Waals surface area contributed by atoms with Gasteiger partial charge in [0.05, 0.1) is 38.7 Å². The summed E-state index contributed by atoms with van der Waals surface area (Å²) in [6.45, 7) is 2.50. The summed E-state index contributed by atoms with van der Waals surface area (Å²) in [4.78, 5) is 0. The molecule has 122 valence electrons. The first-order valence-corrected chi connectivity index (χ1v) is 8.04. The molecule has 5 nitrogen and oxygen atoms in total. The standard InChI is InChI=1S/C18H21NO4/c1-2-5-13(6-3-1)10-21-16-12-23-17-15(11-22-18(16)17)19-9-14-7-4-8-20-14/h1-8,15-19H,9-12H2/t15-,16+,17+,18+/m0/s1. The average molecular weight is 315 g/mol. The van der Waals surface area contributed by atoms with Crippen LogP contribution < -0.4 is 5.32 Å². The van der Waals surface area contributed by atoms with Crippen LogP contribution >= 0.6 is 0 Å². The van der Waals surface area contributed by atoms with Gasteiger partial charge in [-0.25, -0.2) is 0 Å². The van der Waals surface area contributed by atoms with Gasteiger partial charge in [0.15, 0.2) is 0 Å². The van der Waals surface area contributed by atoms with Gasteiger partial charge in [-0.15, -0.1) is 0 Å². The van der Waals surface area contributed by atoms with Crippen LogP contribution in [0.1, 0.15) is 11.3 Å². The second-order valence-corrected chi connectivity index (χ2v) is 6.00. The van der Waals surface area contributed by atoms with Gasteiger partial charge in [-0.1, -0.05) is 30.3 Å². The summed E-state index contributed by atoms with van der Waals surface area (Å²) >= 11 is 0. The zero-order valence-electron chi connectivity index (χ0n) is 12.9. The molecule has 0 unspecified atom stereocenters. The molecule has 1 aromatic carbocycles. The fraction of sp³-hybridized carbons (Fsp3) is 0.444. The van der Waals surface area contributed by atoms with Crippen LogP contribution in [0.25, 0.3) is 0 Å². The van der Waals surface area contributed by atoms with Crippen molar-refractivity contribution in [2.45, 2.75) is 37.5 Å². The van der Waals surface area contributed by atoms with Gasteiger partial charge in [0, 0.05) is 0 Å². The molecule has 2 aliphatic heterocycles. The zero-order chi connectivity index (χ0) is 15.5. The van der Waals surface area contributed by atoms with Crippen LogP contribution in [-0.2, 0) is 27.4 Å². The maximum atomic E-state index is 6.01. The lowest BCUT2D eigenvalue weighted by Gasteiger charge is -2.17. The molecule has 23 heavy (non-hydrogen) atoms. The second-order valence-electron chi connectivity index (χ2n) is 6.00. The van der Waals surface area contributed by atoms with Gasteiger partial charge in [0.1, 0.15) is 24.1 Å². The summed E-state index contributed by atoms with van der Waals surface area (Å²) in [5.74, 6) is 0.920. The molecule has 0 spiro atoms. The van der Waals surface area contributed by atoms with E-state index in [4.69, 9.17) is 18.6 Å². The molecule has 1 N–H and O–H groups in total. The first-order valence-electron chi connectivity index (χ1n) is 8.04. The van der Waals surface area contributed by atoms with E-state index in [1.165, 1.54) is 5.56 Å². The van der Waals surface area contributed by atoms with Crippen molar-refractivity contribution in [3.8, 4) is 0 Å². The highest BCUT2D eigenvalue weighted by molar-refractivity contribution is 5.13. The Hall–Kier alpha value is -1.66. The predicted molar refractivity (Wildman–Crippen MR) is 83.8 cm³/mol. The van der Waals surface area contributed by atoms with E-state index in [9.17, 15) is 0 Å².